The second-order valence-corrected chi connectivity index (χ2v) is 5.42. The number of nitrogen functional groups attached to an aromatic ring is 2. The van der Waals surface area contributed by atoms with Gasteiger partial charge < -0.3 is 21.7 Å². The summed E-state index contributed by atoms with van der Waals surface area (Å²) in [6, 6.07) is 2.85. The molecule has 6 N–H and O–H groups in total. The molecule has 0 spiro atoms. The minimum Gasteiger partial charge on any atom is -0.507 e. The van der Waals surface area contributed by atoms with Crippen molar-refractivity contribution in [3.05, 3.63) is 45.5 Å². The number of fused-ring (bicyclic) bond motifs is 2. The predicted octanol–water partition coefficient (Wildman–Crippen LogP) is 1.65. The molecular formula is C16H14N2O4. The molecule has 2 aromatic carbocycles. The van der Waals surface area contributed by atoms with Crippen LogP contribution in [0.2, 0.25) is 0 Å². The summed E-state index contributed by atoms with van der Waals surface area (Å²) in [6.07, 6.45) is 0. The number of carbonyl (C=O) groups is 2. The fourth-order valence-corrected chi connectivity index (χ4v) is 2.85. The van der Waals surface area contributed by atoms with Crippen molar-refractivity contribution in [2.45, 2.75) is 13.8 Å². The summed E-state index contributed by atoms with van der Waals surface area (Å²) in [5.74, 6) is -1.86. The molecule has 0 atom stereocenters. The lowest BCUT2D eigenvalue weighted by Crippen LogP contribution is -2.24. The van der Waals surface area contributed by atoms with Crippen LogP contribution in [0.15, 0.2) is 12.1 Å². The van der Waals surface area contributed by atoms with Gasteiger partial charge in [0.2, 0.25) is 5.78 Å². The molecule has 3 rings (SSSR count). The van der Waals surface area contributed by atoms with Crippen LogP contribution >= 0.6 is 0 Å². The Morgan fingerprint density at radius 3 is 1.41 bits per heavy atom. The van der Waals surface area contributed by atoms with Gasteiger partial charge in [-0.2, -0.15) is 0 Å². The molecule has 1 aliphatic rings. The van der Waals surface area contributed by atoms with Crippen molar-refractivity contribution in [3.8, 4) is 11.5 Å². The van der Waals surface area contributed by atoms with Crippen LogP contribution in [0.4, 0.5) is 11.4 Å². The number of phenols is 2. The first kappa shape index (κ1) is 13.9. The smallest absolute Gasteiger partial charge is 0.202 e. The SMILES string of the molecule is Cc1cc(N)c2c(c1O)C(=O)c1c(O)c(C)cc(N)c1C2=O. The molecule has 0 amide bonds. The maximum absolute atomic E-state index is 12.7. The van der Waals surface area contributed by atoms with Gasteiger partial charge in [0, 0.05) is 11.4 Å². The van der Waals surface area contributed by atoms with Gasteiger partial charge in [-0.25, -0.2) is 0 Å². The van der Waals surface area contributed by atoms with E-state index in [4.69, 9.17) is 11.5 Å². The summed E-state index contributed by atoms with van der Waals surface area (Å²) in [4.78, 5) is 25.4. The highest BCUT2D eigenvalue weighted by Gasteiger charge is 2.38. The number of anilines is 2. The Bertz CT molecular complexity index is 815. The van der Waals surface area contributed by atoms with Crippen LogP contribution in [0.25, 0.3) is 0 Å². The van der Waals surface area contributed by atoms with Crippen LogP contribution in [0.5, 0.6) is 11.5 Å². The van der Waals surface area contributed by atoms with Gasteiger partial charge in [-0.05, 0) is 37.1 Å². The third-order valence-electron chi connectivity index (χ3n) is 3.95. The second kappa shape index (κ2) is 4.24. The maximum atomic E-state index is 12.7. The molecule has 112 valence electrons. The molecule has 0 saturated heterocycles. The Hall–Kier alpha value is -3.02. The van der Waals surface area contributed by atoms with Crippen molar-refractivity contribution < 1.29 is 19.8 Å². The second-order valence-electron chi connectivity index (χ2n) is 5.42. The highest BCUT2D eigenvalue weighted by Crippen LogP contribution is 2.43. The zero-order chi connectivity index (χ0) is 16.3. The Labute approximate surface area is 126 Å². The molecule has 0 saturated carbocycles. The summed E-state index contributed by atoms with van der Waals surface area (Å²) in [5.41, 5.74) is 12.1. The quantitative estimate of drug-likeness (QED) is 0.369. The number of hydrogen-bond donors (Lipinski definition) is 4. The Balaban J connectivity index is 2.49. The van der Waals surface area contributed by atoms with Gasteiger partial charge in [0.25, 0.3) is 0 Å². The lowest BCUT2D eigenvalue weighted by atomic mass is 9.80. The number of aryl methyl sites for hydroxylation is 2. The standard InChI is InChI=1S/C16H14N2O4/c1-5-3-7(17)9-11(13(5)19)16(22)12-10(15(9)21)8(18)4-6(2)14(12)20/h3-4,19-20H,17-18H2,1-2H3. The van der Waals surface area contributed by atoms with Crippen LogP contribution in [-0.2, 0) is 0 Å². The molecule has 2 aromatic rings. The molecule has 0 fully saturated rings. The summed E-state index contributed by atoms with van der Waals surface area (Å²) in [5, 5.41) is 20.3. The minimum absolute atomic E-state index is 0.0736. The molecule has 6 nitrogen and oxygen atoms in total. The van der Waals surface area contributed by atoms with Gasteiger partial charge in [-0.3, -0.25) is 9.59 Å². The first-order valence-corrected chi connectivity index (χ1v) is 6.59. The lowest BCUT2D eigenvalue weighted by Gasteiger charge is -2.23. The van der Waals surface area contributed by atoms with Crippen LogP contribution in [0, 0.1) is 13.8 Å². The minimum atomic E-state index is -0.662. The van der Waals surface area contributed by atoms with Gasteiger partial charge in [-0.1, -0.05) is 0 Å². The van der Waals surface area contributed by atoms with E-state index in [1.165, 1.54) is 12.1 Å². The lowest BCUT2D eigenvalue weighted by molar-refractivity contribution is 0.0975. The number of rotatable bonds is 0. The van der Waals surface area contributed by atoms with Gasteiger partial charge in [-0.15, -0.1) is 0 Å². The molecule has 0 bridgehead atoms. The largest absolute Gasteiger partial charge is 0.507 e. The monoisotopic (exact) mass is 298 g/mol. The number of nitrogens with two attached hydrogens (primary N) is 2. The molecular weight excluding hydrogens is 284 g/mol. The van der Waals surface area contributed by atoms with Crippen molar-refractivity contribution in [2.24, 2.45) is 0 Å². The van der Waals surface area contributed by atoms with E-state index < -0.39 is 11.6 Å². The number of benzene rings is 2. The van der Waals surface area contributed by atoms with Crippen LogP contribution in [-0.4, -0.2) is 21.8 Å². The van der Waals surface area contributed by atoms with E-state index in [0.717, 1.165) is 0 Å². The van der Waals surface area contributed by atoms with E-state index in [1.54, 1.807) is 13.8 Å². The number of ketones is 2. The molecule has 22 heavy (non-hydrogen) atoms. The van der Waals surface area contributed by atoms with E-state index in [0.29, 0.717) is 11.1 Å². The summed E-state index contributed by atoms with van der Waals surface area (Å²) in [7, 11) is 0. The highest BCUT2D eigenvalue weighted by atomic mass is 16.3. The number of carbonyl (C=O) groups excluding carboxylic acids is 2. The van der Waals surface area contributed by atoms with Gasteiger partial charge in [0.05, 0.1) is 22.3 Å². The van der Waals surface area contributed by atoms with E-state index in [9.17, 15) is 19.8 Å². The van der Waals surface area contributed by atoms with Gasteiger partial charge >= 0.3 is 0 Å². The van der Waals surface area contributed by atoms with E-state index in [-0.39, 0.29) is 45.1 Å². The molecule has 1 aliphatic carbocycles. The summed E-state index contributed by atoms with van der Waals surface area (Å²) in [6.45, 7) is 3.15. The third kappa shape index (κ3) is 1.54. The van der Waals surface area contributed by atoms with Crippen LogP contribution < -0.4 is 11.5 Å². The Morgan fingerprint density at radius 1 is 0.727 bits per heavy atom. The van der Waals surface area contributed by atoms with Gasteiger partial charge in [0.15, 0.2) is 5.78 Å². The van der Waals surface area contributed by atoms with Crippen LogP contribution in [0.3, 0.4) is 0 Å². The zero-order valence-corrected chi connectivity index (χ0v) is 12.0. The molecule has 0 radical (unpaired) electrons. The summed E-state index contributed by atoms with van der Waals surface area (Å²) >= 11 is 0. The van der Waals surface area contributed by atoms with Crippen molar-refractivity contribution in [3.63, 3.8) is 0 Å². The predicted molar refractivity (Wildman–Crippen MR) is 81.4 cm³/mol. The number of aromatic hydroxyl groups is 2. The van der Waals surface area contributed by atoms with E-state index in [1.807, 2.05) is 0 Å². The molecule has 0 heterocycles. The normalized spacial score (nSPS) is 13.0. The average molecular weight is 298 g/mol. The molecule has 0 aliphatic heterocycles. The summed E-state index contributed by atoms with van der Waals surface area (Å²) < 4.78 is 0. The van der Waals surface area contributed by atoms with E-state index >= 15 is 0 Å². The Morgan fingerprint density at radius 2 is 1.05 bits per heavy atom. The fraction of sp³-hybridized carbons (Fsp3) is 0.125. The van der Waals surface area contributed by atoms with Gasteiger partial charge in [0.1, 0.15) is 11.5 Å². The van der Waals surface area contributed by atoms with Crippen molar-refractivity contribution in [2.75, 3.05) is 11.5 Å². The van der Waals surface area contributed by atoms with Crippen molar-refractivity contribution in [1.82, 2.24) is 0 Å². The molecule has 6 heteroatoms. The van der Waals surface area contributed by atoms with Crippen LogP contribution in [0.1, 0.15) is 43.0 Å². The van der Waals surface area contributed by atoms with Crippen molar-refractivity contribution >= 4 is 22.9 Å². The zero-order valence-electron chi connectivity index (χ0n) is 12.0. The maximum Gasteiger partial charge on any atom is 0.202 e. The third-order valence-corrected chi connectivity index (χ3v) is 3.95. The molecule has 0 unspecified atom stereocenters. The first-order chi connectivity index (χ1) is 10.3. The topological polar surface area (TPSA) is 127 Å². The average Bonchev–Trinajstić information content (AvgIpc) is 2.44. The van der Waals surface area contributed by atoms with E-state index in [2.05, 4.69) is 0 Å². The van der Waals surface area contributed by atoms with Crippen molar-refractivity contribution in [1.29, 1.82) is 0 Å². The Kier molecular flexibility index (Phi) is 2.68. The fourth-order valence-electron chi connectivity index (χ4n) is 2.85. The number of hydrogen-bond acceptors (Lipinski definition) is 6. The number of phenolic OH excluding ortho intramolecular Hbond substituents is 2. The highest BCUT2D eigenvalue weighted by molar-refractivity contribution is 6.33. The first-order valence-electron chi connectivity index (χ1n) is 6.59. The molecule has 0 aromatic heterocycles.